The molecule has 110 valence electrons. The summed E-state index contributed by atoms with van der Waals surface area (Å²) in [6, 6.07) is 13.3. The van der Waals surface area contributed by atoms with Crippen molar-refractivity contribution < 1.29 is 0 Å². The van der Waals surface area contributed by atoms with Gasteiger partial charge in [-0.15, -0.1) is 0 Å². The van der Waals surface area contributed by atoms with Crippen LogP contribution in [0.5, 0.6) is 0 Å². The third-order valence-electron chi connectivity index (χ3n) is 5.44. The van der Waals surface area contributed by atoms with E-state index < -0.39 is 0 Å². The van der Waals surface area contributed by atoms with E-state index in [2.05, 4.69) is 54.1 Å². The Kier molecular flexibility index (Phi) is 4.42. The smallest absolute Gasteiger partial charge is 0.0236 e. The predicted molar refractivity (Wildman–Crippen MR) is 84.7 cm³/mol. The molecule has 0 radical (unpaired) electrons. The van der Waals surface area contributed by atoms with Crippen molar-refractivity contribution in [3.05, 3.63) is 35.9 Å². The lowest BCUT2D eigenvalue weighted by molar-refractivity contribution is 0.0375. The molecule has 2 aliphatic rings. The molecule has 0 unspecified atom stereocenters. The van der Waals surface area contributed by atoms with Gasteiger partial charge in [-0.1, -0.05) is 36.8 Å². The predicted octanol–water partition coefficient (Wildman–Crippen LogP) is 3.52. The largest absolute Gasteiger partial charge is 0.300 e. The van der Waals surface area contributed by atoms with E-state index in [1.165, 1.54) is 44.2 Å². The first-order chi connectivity index (χ1) is 9.74. The Bertz CT molecular complexity index is 413. The van der Waals surface area contributed by atoms with E-state index in [-0.39, 0.29) is 0 Å². The topological polar surface area (TPSA) is 6.48 Å². The van der Waals surface area contributed by atoms with Crippen LogP contribution in [0, 0.1) is 0 Å². The molecule has 3 rings (SSSR count). The minimum Gasteiger partial charge on any atom is -0.300 e. The Labute approximate surface area is 123 Å². The Morgan fingerprint density at radius 3 is 2.45 bits per heavy atom. The van der Waals surface area contributed by atoms with Crippen LogP contribution in [0.3, 0.4) is 0 Å². The van der Waals surface area contributed by atoms with E-state index >= 15 is 0 Å². The molecule has 1 aliphatic carbocycles. The van der Waals surface area contributed by atoms with Gasteiger partial charge in [0.15, 0.2) is 0 Å². The summed E-state index contributed by atoms with van der Waals surface area (Å²) in [5.41, 5.74) is 1.45. The zero-order valence-electron chi connectivity index (χ0n) is 13.0. The van der Waals surface area contributed by atoms with Crippen molar-refractivity contribution in [1.29, 1.82) is 0 Å². The second-order valence-corrected chi connectivity index (χ2v) is 6.73. The van der Waals surface area contributed by atoms with E-state index in [9.17, 15) is 0 Å². The highest BCUT2D eigenvalue weighted by molar-refractivity contribution is 5.14. The van der Waals surface area contributed by atoms with Gasteiger partial charge < -0.3 is 4.90 Å². The number of benzene rings is 1. The second-order valence-electron chi connectivity index (χ2n) is 6.73. The van der Waals surface area contributed by atoms with Gasteiger partial charge in [-0.25, -0.2) is 0 Å². The Balaban J connectivity index is 1.54. The first-order valence-corrected chi connectivity index (χ1v) is 8.24. The van der Waals surface area contributed by atoms with Crippen LogP contribution in [-0.4, -0.2) is 41.5 Å². The molecular weight excluding hydrogens is 244 g/mol. The SMILES string of the molecule is C[C@H]1C[C@H](N(C)C2CCC2)CCN1Cc1ccccc1. The lowest BCUT2D eigenvalue weighted by Crippen LogP contribution is -2.51. The molecule has 1 aliphatic heterocycles. The molecule has 0 spiro atoms. The van der Waals surface area contributed by atoms with Crippen LogP contribution in [0.4, 0.5) is 0 Å². The molecule has 1 aromatic carbocycles. The molecule has 0 aromatic heterocycles. The molecule has 1 aromatic rings. The third kappa shape index (κ3) is 3.07. The van der Waals surface area contributed by atoms with Crippen LogP contribution in [-0.2, 0) is 6.54 Å². The van der Waals surface area contributed by atoms with Crippen LogP contribution in [0.15, 0.2) is 30.3 Å². The maximum absolute atomic E-state index is 2.68. The molecule has 0 bridgehead atoms. The van der Waals surface area contributed by atoms with Crippen LogP contribution >= 0.6 is 0 Å². The molecule has 1 saturated carbocycles. The van der Waals surface area contributed by atoms with Gasteiger partial charge >= 0.3 is 0 Å². The number of hydrogen-bond donors (Lipinski definition) is 0. The summed E-state index contributed by atoms with van der Waals surface area (Å²) < 4.78 is 0. The van der Waals surface area contributed by atoms with Gasteiger partial charge in [0, 0.05) is 31.2 Å². The quantitative estimate of drug-likeness (QED) is 0.827. The number of piperidine rings is 1. The Morgan fingerprint density at radius 2 is 1.85 bits per heavy atom. The van der Waals surface area contributed by atoms with Crippen LogP contribution in [0.25, 0.3) is 0 Å². The molecule has 0 amide bonds. The third-order valence-corrected chi connectivity index (χ3v) is 5.44. The molecular formula is C18H28N2. The van der Waals surface area contributed by atoms with E-state index in [4.69, 9.17) is 0 Å². The highest BCUT2D eigenvalue weighted by atomic mass is 15.2. The van der Waals surface area contributed by atoms with E-state index in [1.807, 2.05) is 0 Å². The Morgan fingerprint density at radius 1 is 1.10 bits per heavy atom. The summed E-state index contributed by atoms with van der Waals surface area (Å²) in [4.78, 5) is 5.33. The van der Waals surface area contributed by atoms with E-state index in [0.717, 1.165) is 18.6 Å². The van der Waals surface area contributed by atoms with Crippen molar-refractivity contribution in [3.8, 4) is 0 Å². The monoisotopic (exact) mass is 272 g/mol. The van der Waals surface area contributed by atoms with Crippen LogP contribution < -0.4 is 0 Å². The summed E-state index contributed by atoms with van der Waals surface area (Å²) in [6.07, 6.45) is 6.96. The first-order valence-electron chi connectivity index (χ1n) is 8.24. The fourth-order valence-corrected chi connectivity index (χ4v) is 3.71. The zero-order valence-corrected chi connectivity index (χ0v) is 13.0. The maximum Gasteiger partial charge on any atom is 0.0236 e. The van der Waals surface area contributed by atoms with Gasteiger partial charge in [0.1, 0.15) is 0 Å². The normalized spacial score (nSPS) is 28.6. The van der Waals surface area contributed by atoms with Crippen molar-refractivity contribution in [3.63, 3.8) is 0 Å². The summed E-state index contributed by atoms with van der Waals surface area (Å²) in [7, 11) is 2.36. The number of hydrogen-bond acceptors (Lipinski definition) is 2. The van der Waals surface area contributed by atoms with Gasteiger partial charge in [-0.2, -0.15) is 0 Å². The fourth-order valence-electron chi connectivity index (χ4n) is 3.71. The van der Waals surface area contributed by atoms with Crippen molar-refractivity contribution in [2.45, 2.75) is 63.7 Å². The summed E-state index contributed by atoms with van der Waals surface area (Å²) >= 11 is 0. The lowest BCUT2D eigenvalue weighted by atomic mass is 9.88. The molecule has 2 atom stereocenters. The number of nitrogens with zero attached hydrogens (tertiary/aromatic N) is 2. The average molecular weight is 272 g/mol. The summed E-state index contributed by atoms with van der Waals surface area (Å²) in [5, 5.41) is 0. The van der Waals surface area contributed by atoms with Crippen LogP contribution in [0.1, 0.15) is 44.6 Å². The van der Waals surface area contributed by atoms with Crippen molar-refractivity contribution in [2.75, 3.05) is 13.6 Å². The second kappa shape index (κ2) is 6.28. The molecule has 2 heteroatoms. The van der Waals surface area contributed by atoms with E-state index in [1.54, 1.807) is 0 Å². The zero-order chi connectivity index (χ0) is 13.9. The van der Waals surface area contributed by atoms with Crippen LogP contribution in [0.2, 0.25) is 0 Å². The van der Waals surface area contributed by atoms with Crippen molar-refractivity contribution >= 4 is 0 Å². The van der Waals surface area contributed by atoms with E-state index in [0.29, 0.717) is 6.04 Å². The fraction of sp³-hybridized carbons (Fsp3) is 0.667. The van der Waals surface area contributed by atoms with Gasteiger partial charge in [0.2, 0.25) is 0 Å². The molecule has 1 heterocycles. The molecule has 0 N–H and O–H groups in total. The first kappa shape index (κ1) is 14.1. The van der Waals surface area contributed by atoms with Crippen molar-refractivity contribution in [2.24, 2.45) is 0 Å². The minimum atomic E-state index is 0.705. The van der Waals surface area contributed by atoms with Gasteiger partial charge in [-0.3, -0.25) is 4.90 Å². The highest BCUT2D eigenvalue weighted by Gasteiger charge is 2.32. The molecule has 1 saturated heterocycles. The molecule has 20 heavy (non-hydrogen) atoms. The summed E-state index contributed by atoms with van der Waals surface area (Å²) in [6.45, 7) is 4.77. The number of likely N-dealkylation sites (tertiary alicyclic amines) is 1. The van der Waals surface area contributed by atoms with Gasteiger partial charge in [-0.05, 0) is 45.2 Å². The minimum absolute atomic E-state index is 0.705. The maximum atomic E-state index is 2.68. The Hall–Kier alpha value is -0.860. The summed E-state index contributed by atoms with van der Waals surface area (Å²) in [5.74, 6) is 0. The highest BCUT2D eigenvalue weighted by Crippen LogP contribution is 2.30. The molecule has 2 nitrogen and oxygen atoms in total. The van der Waals surface area contributed by atoms with Gasteiger partial charge in [0.05, 0.1) is 0 Å². The number of rotatable bonds is 4. The molecule has 2 fully saturated rings. The average Bonchev–Trinajstić information content (AvgIpc) is 2.40. The van der Waals surface area contributed by atoms with Crippen molar-refractivity contribution in [1.82, 2.24) is 9.80 Å². The lowest BCUT2D eigenvalue weighted by Gasteiger charge is -2.46. The van der Waals surface area contributed by atoms with Gasteiger partial charge in [0.25, 0.3) is 0 Å². The standard InChI is InChI=1S/C18H28N2/c1-15-13-18(19(2)17-9-6-10-17)11-12-20(15)14-16-7-4-3-5-8-16/h3-5,7-8,15,17-18H,6,9-14H2,1-2H3/t15-,18+/m0/s1.